The van der Waals surface area contributed by atoms with Gasteiger partial charge in [-0.1, -0.05) is 0 Å². The van der Waals surface area contributed by atoms with Crippen LogP contribution in [0, 0.1) is 5.82 Å². The number of anilines is 1. The lowest BCUT2D eigenvalue weighted by molar-refractivity contribution is 0.399. The quantitative estimate of drug-likeness (QED) is 0.902. The number of nitrogens with zero attached hydrogens (tertiary/aromatic N) is 2. The highest BCUT2D eigenvalue weighted by atomic mass is 19.1. The number of ether oxygens (including phenoxy) is 1. The van der Waals surface area contributed by atoms with Gasteiger partial charge in [-0.2, -0.15) is 0 Å². The van der Waals surface area contributed by atoms with E-state index < -0.39 is 0 Å². The van der Waals surface area contributed by atoms with Gasteiger partial charge in [0.2, 0.25) is 5.88 Å². The first-order chi connectivity index (χ1) is 8.70. The van der Waals surface area contributed by atoms with Gasteiger partial charge in [-0.05, 0) is 30.7 Å². The molecule has 2 heterocycles. The van der Waals surface area contributed by atoms with Crippen LogP contribution < -0.4 is 10.1 Å². The summed E-state index contributed by atoms with van der Waals surface area (Å²) < 4.78 is 18.2. The highest BCUT2D eigenvalue weighted by Crippen LogP contribution is 2.25. The van der Waals surface area contributed by atoms with E-state index in [1.54, 1.807) is 25.6 Å². The molecule has 0 amide bonds. The second kappa shape index (κ2) is 5.44. The van der Waals surface area contributed by atoms with Gasteiger partial charge in [-0.3, -0.25) is 4.98 Å². The van der Waals surface area contributed by atoms with Crippen molar-refractivity contribution in [2.24, 2.45) is 0 Å². The van der Waals surface area contributed by atoms with Crippen molar-refractivity contribution in [2.75, 3.05) is 12.4 Å². The van der Waals surface area contributed by atoms with Gasteiger partial charge in [0.15, 0.2) is 0 Å². The van der Waals surface area contributed by atoms with Crippen LogP contribution in [-0.2, 0) is 0 Å². The van der Waals surface area contributed by atoms with Gasteiger partial charge in [0.05, 0.1) is 25.0 Å². The van der Waals surface area contributed by atoms with Crippen LogP contribution in [0.5, 0.6) is 5.88 Å². The number of hydrogen-bond acceptors (Lipinski definition) is 4. The monoisotopic (exact) mass is 247 g/mol. The minimum atomic E-state index is -0.348. The van der Waals surface area contributed by atoms with Crippen LogP contribution in [0.15, 0.2) is 36.8 Å². The Balaban J connectivity index is 2.18. The molecule has 2 aromatic rings. The largest absolute Gasteiger partial charge is 0.480 e. The normalized spacial score (nSPS) is 11.9. The topological polar surface area (TPSA) is 47.0 Å². The van der Waals surface area contributed by atoms with Crippen molar-refractivity contribution in [1.29, 1.82) is 0 Å². The molecule has 0 aliphatic heterocycles. The molecule has 18 heavy (non-hydrogen) atoms. The SMILES string of the molecule is COc1ncccc1N[C@H](C)c1cncc(F)c1. The summed E-state index contributed by atoms with van der Waals surface area (Å²) in [5.74, 6) is 0.160. The second-order valence-electron chi connectivity index (χ2n) is 3.86. The zero-order valence-corrected chi connectivity index (χ0v) is 10.2. The maximum absolute atomic E-state index is 13.1. The number of hydrogen-bond donors (Lipinski definition) is 1. The van der Waals surface area contributed by atoms with Crippen molar-refractivity contribution >= 4 is 5.69 Å². The van der Waals surface area contributed by atoms with Gasteiger partial charge in [0.1, 0.15) is 5.82 Å². The van der Waals surface area contributed by atoms with Crippen molar-refractivity contribution in [3.8, 4) is 5.88 Å². The smallest absolute Gasteiger partial charge is 0.237 e. The van der Waals surface area contributed by atoms with E-state index >= 15 is 0 Å². The van der Waals surface area contributed by atoms with Gasteiger partial charge in [0.25, 0.3) is 0 Å². The highest BCUT2D eigenvalue weighted by Gasteiger charge is 2.10. The van der Waals surface area contributed by atoms with Gasteiger partial charge >= 0.3 is 0 Å². The van der Waals surface area contributed by atoms with E-state index in [4.69, 9.17) is 4.74 Å². The number of methoxy groups -OCH3 is 1. The standard InChI is InChI=1S/C13H14FN3O/c1-9(10-6-11(14)8-15-7-10)17-12-4-3-5-16-13(12)18-2/h3-9,17H,1-2H3/t9-/m1/s1. The minimum absolute atomic E-state index is 0.0914. The summed E-state index contributed by atoms with van der Waals surface area (Å²) in [5, 5.41) is 3.21. The molecule has 5 heteroatoms. The second-order valence-corrected chi connectivity index (χ2v) is 3.86. The number of rotatable bonds is 4. The maximum Gasteiger partial charge on any atom is 0.237 e. The summed E-state index contributed by atoms with van der Waals surface area (Å²) in [5.41, 5.74) is 1.53. The molecule has 1 N–H and O–H groups in total. The van der Waals surface area contributed by atoms with Gasteiger partial charge in [-0.25, -0.2) is 9.37 Å². The third-order valence-corrected chi connectivity index (χ3v) is 2.56. The number of pyridine rings is 2. The minimum Gasteiger partial charge on any atom is -0.480 e. The van der Waals surface area contributed by atoms with Gasteiger partial charge in [0, 0.05) is 12.4 Å². The van der Waals surface area contributed by atoms with E-state index in [1.807, 2.05) is 13.0 Å². The van der Waals surface area contributed by atoms with E-state index in [1.165, 1.54) is 12.3 Å². The molecule has 0 radical (unpaired) electrons. The number of halogens is 1. The molecule has 0 saturated carbocycles. The molecule has 0 aliphatic rings. The fourth-order valence-electron chi connectivity index (χ4n) is 1.65. The lowest BCUT2D eigenvalue weighted by Crippen LogP contribution is -2.08. The lowest BCUT2D eigenvalue weighted by Gasteiger charge is -2.16. The predicted octanol–water partition coefficient (Wildman–Crippen LogP) is 2.80. The molecule has 0 unspecified atom stereocenters. The van der Waals surface area contributed by atoms with Crippen LogP contribution in [0.3, 0.4) is 0 Å². The third kappa shape index (κ3) is 2.74. The third-order valence-electron chi connectivity index (χ3n) is 2.56. The molecule has 0 saturated heterocycles. The Kier molecular flexibility index (Phi) is 3.72. The maximum atomic E-state index is 13.1. The summed E-state index contributed by atoms with van der Waals surface area (Å²) in [6.45, 7) is 1.92. The number of aromatic nitrogens is 2. The molecule has 4 nitrogen and oxygen atoms in total. The summed E-state index contributed by atoms with van der Waals surface area (Å²) in [4.78, 5) is 7.91. The highest BCUT2D eigenvalue weighted by molar-refractivity contribution is 5.53. The van der Waals surface area contributed by atoms with Crippen molar-refractivity contribution < 1.29 is 9.13 Å². The zero-order chi connectivity index (χ0) is 13.0. The molecule has 0 aromatic carbocycles. The summed E-state index contributed by atoms with van der Waals surface area (Å²) in [6.07, 6.45) is 4.46. The first kappa shape index (κ1) is 12.3. The van der Waals surface area contributed by atoms with Gasteiger partial charge in [-0.15, -0.1) is 0 Å². The van der Waals surface area contributed by atoms with E-state index in [0.29, 0.717) is 5.88 Å². The lowest BCUT2D eigenvalue weighted by atomic mass is 10.1. The molecule has 1 atom stereocenters. The van der Waals surface area contributed by atoms with E-state index in [0.717, 1.165) is 11.3 Å². The van der Waals surface area contributed by atoms with Crippen LogP contribution in [0.4, 0.5) is 10.1 Å². The molecule has 0 aliphatic carbocycles. The Morgan fingerprint density at radius 2 is 2.22 bits per heavy atom. The Hall–Kier alpha value is -2.17. The van der Waals surface area contributed by atoms with E-state index in [-0.39, 0.29) is 11.9 Å². The molecule has 0 spiro atoms. The Morgan fingerprint density at radius 3 is 2.94 bits per heavy atom. The molecule has 2 aromatic heterocycles. The van der Waals surface area contributed by atoms with Crippen LogP contribution in [0.1, 0.15) is 18.5 Å². The molecule has 0 bridgehead atoms. The van der Waals surface area contributed by atoms with Crippen LogP contribution in [0.25, 0.3) is 0 Å². The predicted molar refractivity (Wildman–Crippen MR) is 67.0 cm³/mol. The fourth-order valence-corrected chi connectivity index (χ4v) is 1.65. The molecule has 0 fully saturated rings. The fraction of sp³-hybridized carbons (Fsp3) is 0.231. The van der Waals surface area contributed by atoms with Crippen molar-refractivity contribution in [3.63, 3.8) is 0 Å². The zero-order valence-electron chi connectivity index (χ0n) is 10.2. The van der Waals surface area contributed by atoms with Crippen molar-refractivity contribution in [2.45, 2.75) is 13.0 Å². The number of nitrogens with one attached hydrogen (secondary N) is 1. The Morgan fingerprint density at radius 1 is 1.39 bits per heavy atom. The molecule has 2 rings (SSSR count). The van der Waals surface area contributed by atoms with Gasteiger partial charge < -0.3 is 10.1 Å². The summed E-state index contributed by atoms with van der Waals surface area (Å²) in [6, 6.07) is 5.02. The summed E-state index contributed by atoms with van der Waals surface area (Å²) in [7, 11) is 1.56. The van der Waals surface area contributed by atoms with E-state index in [9.17, 15) is 4.39 Å². The van der Waals surface area contributed by atoms with Crippen LogP contribution >= 0.6 is 0 Å². The van der Waals surface area contributed by atoms with Crippen LogP contribution in [-0.4, -0.2) is 17.1 Å². The molecule has 94 valence electrons. The first-order valence-electron chi connectivity index (χ1n) is 5.56. The average Bonchev–Trinajstić information content (AvgIpc) is 2.39. The average molecular weight is 247 g/mol. The Bertz CT molecular complexity index is 533. The molecular formula is C13H14FN3O. The van der Waals surface area contributed by atoms with Crippen molar-refractivity contribution in [3.05, 3.63) is 48.2 Å². The van der Waals surface area contributed by atoms with Crippen LogP contribution in [0.2, 0.25) is 0 Å². The van der Waals surface area contributed by atoms with Crippen molar-refractivity contribution in [1.82, 2.24) is 9.97 Å². The first-order valence-corrected chi connectivity index (χ1v) is 5.56. The Labute approximate surface area is 105 Å². The summed E-state index contributed by atoms with van der Waals surface area (Å²) >= 11 is 0. The molecular weight excluding hydrogens is 233 g/mol. The van der Waals surface area contributed by atoms with E-state index in [2.05, 4.69) is 15.3 Å².